The number of nitrogens with zero attached hydrogens (tertiary/aromatic N) is 2. The van der Waals surface area contributed by atoms with Crippen molar-refractivity contribution in [3.05, 3.63) is 96.1 Å². The van der Waals surface area contributed by atoms with Gasteiger partial charge in [-0.05, 0) is 30.2 Å². The predicted octanol–water partition coefficient (Wildman–Crippen LogP) is 3.96. The zero-order valence-corrected chi connectivity index (χ0v) is 19.6. The Bertz CT molecular complexity index is 1120. The van der Waals surface area contributed by atoms with Gasteiger partial charge < -0.3 is 19.3 Å². The molecule has 7 nitrogen and oxygen atoms in total. The Hall–Kier alpha value is -4.13. The quantitative estimate of drug-likeness (QED) is 0.441. The summed E-state index contributed by atoms with van der Waals surface area (Å²) < 4.78 is 10.9. The number of anilines is 1. The van der Waals surface area contributed by atoms with Crippen molar-refractivity contribution < 1.29 is 23.9 Å². The van der Waals surface area contributed by atoms with Crippen molar-refractivity contribution in [2.75, 3.05) is 18.1 Å². The molecule has 1 atom stereocenters. The van der Waals surface area contributed by atoms with Gasteiger partial charge in [0.15, 0.2) is 12.7 Å². The summed E-state index contributed by atoms with van der Waals surface area (Å²) in [7, 11) is 0. The molecule has 1 unspecified atom stereocenters. The van der Waals surface area contributed by atoms with Crippen LogP contribution in [0.4, 0.5) is 5.69 Å². The molecule has 0 bridgehead atoms. The molecule has 0 saturated heterocycles. The maximum absolute atomic E-state index is 13.3. The van der Waals surface area contributed by atoms with E-state index < -0.39 is 12.1 Å². The Kier molecular flexibility index (Phi) is 7.77. The minimum absolute atomic E-state index is 0.0327. The molecule has 0 saturated carbocycles. The second-order valence-electron chi connectivity index (χ2n) is 8.35. The van der Waals surface area contributed by atoms with Gasteiger partial charge in [-0.3, -0.25) is 14.4 Å². The van der Waals surface area contributed by atoms with E-state index in [2.05, 4.69) is 0 Å². The molecule has 4 rings (SSSR count). The normalized spacial score (nSPS) is 13.4. The zero-order valence-electron chi connectivity index (χ0n) is 19.6. The Labute approximate surface area is 204 Å². The lowest BCUT2D eigenvalue weighted by molar-refractivity contribution is -0.159. The van der Waals surface area contributed by atoms with E-state index in [1.807, 2.05) is 66.7 Å². The maximum atomic E-state index is 13.3. The Morgan fingerprint density at radius 2 is 1.49 bits per heavy atom. The first-order valence-electron chi connectivity index (χ1n) is 11.6. The number of amides is 2. The highest BCUT2D eigenvalue weighted by molar-refractivity contribution is 5.98. The molecule has 0 N–H and O–H groups in total. The molecule has 7 heteroatoms. The van der Waals surface area contributed by atoms with E-state index in [1.54, 1.807) is 30.0 Å². The molecule has 2 amide bonds. The molecule has 3 aromatic rings. The van der Waals surface area contributed by atoms with Crippen LogP contribution in [0.2, 0.25) is 0 Å². The molecule has 0 aromatic heterocycles. The Morgan fingerprint density at radius 3 is 2.11 bits per heavy atom. The number of hydrogen-bond donors (Lipinski definition) is 0. The van der Waals surface area contributed by atoms with Gasteiger partial charge in [0.05, 0.1) is 12.1 Å². The van der Waals surface area contributed by atoms with Crippen LogP contribution in [0.3, 0.4) is 0 Å². The molecule has 180 valence electrons. The Balaban J connectivity index is 1.38. The van der Waals surface area contributed by atoms with E-state index in [-0.39, 0.29) is 31.4 Å². The molecular formula is C28H28N2O5. The Morgan fingerprint density at radius 1 is 0.914 bits per heavy atom. The van der Waals surface area contributed by atoms with Crippen LogP contribution in [0, 0.1) is 0 Å². The third kappa shape index (κ3) is 6.26. The maximum Gasteiger partial charge on any atom is 0.308 e. The van der Waals surface area contributed by atoms with Crippen molar-refractivity contribution in [2.45, 2.75) is 32.5 Å². The standard InChI is InChI=1S/C28H28N2O5/c1-21(35-27(32)16-17-30-24-14-8-9-15-25(24)34-20-26(30)31)28(33)29(18-22-10-4-2-5-11-22)19-23-12-6-3-7-13-23/h2-15,21H,16-20H2,1H3. The lowest BCUT2D eigenvalue weighted by Crippen LogP contribution is -2.41. The lowest BCUT2D eigenvalue weighted by Gasteiger charge is -2.29. The third-order valence-corrected chi connectivity index (χ3v) is 5.75. The van der Waals surface area contributed by atoms with Gasteiger partial charge >= 0.3 is 5.97 Å². The molecule has 1 aliphatic rings. The summed E-state index contributed by atoms with van der Waals surface area (Å²) in [5.74, 6) is -0.445. The summed E-state index contributed by atoms with van der Waals surface area (Å²) in [4.78, 5) is 41.4. The van der Waals surface area contributed by atoms with E-state index >= 15 is 0 Å². The van der Waals surface area contributed by atoms with Crippen LogP contribution >= 0.6 is 0 Å². The average Bonchev–Trinajstić information content (AvgIpc) is 2.88. The largest absolute Gasteiger partial charge is 0.482 e. The van der Waals surface area contributed by atoms with E-state index in [1.165, 1.54) is 4.90 Å². The number of carbonyl (C=O) groups is 3. The number of fused-ring (bicyclic) bond motifs is 1. The van der Waals surface area contributed by atoms with Crippen LogP contribution in [0.15, 0.2) is 84.9 Å². The van der Waals surface area contributed by atoms with Gasteiger partial charge in [-0.1, -0.05) is 72.8 Å². The van der Waals surface area contributed by atoms with Gasteiger partial charge in [0, 0.05) is 19.6 Å². The number of esters is 1. The number of benzene rings is 3. The molecule has 1 heterocycles. The number of carbonyl (C=O) groups excluding carboxylic acids is 3. The molecule has 1 aliphatic heterocycles. The van der Waals surface area contributed by atoms with Crippen LogP contribution < -0.4 is 9.64 Å². The highest BCUT2D eigenvalue weighted by Gasteiger charge is 2.28. The van der Waals surface area contributed by atoms with E-state index in [0.29, 0.717) is 24.5 Å². The van der Waals surface area contributed by atoms with Crippen LogP contribution in [-0.2, 0) is 32.2 Å². The van der Waals surface area contributed by atoms with Crippen molar-refractivity contribution in [3.8, 4) is 5.75 Å². The smallest absolute Gasteiger partial charge is 0.308 e. The van der Waals surface area contributed by atoms with E-state index in [9.17, 15) is 14.4 Å². The first-order valence-corrected chi connectivity index (χ1v) is 11.6. The molecule has 35 heavy (non-hydrogen) atoms. The molecule has 3 aromatic carbocycles. The van der Waals surface area contributed by atoms with Crippen LogP contribution in [0.25, 0.3) is 0 Å². The molecule has 0 aliphatic carbocycles. The molecular weight excluding hydrogens is 444 g/mol. The summed E-state index contributed by atoms with van der Waals surface area (Å²) in [5.41, 5.74) is 2.59. The highest BCUT2D eigenvalue weighted by atomic mass is 16.5. The first kappa shape index (κ1) is 24.0. The van der Waals surface area contributed by atoms with Crippen molar-refractivity contribution >= 4 is 23.5 Å². The van der Waals surface area contributed by atoms with Gasteiger partial charge in [-0.2, -0.15) is 0 Å². The summed E-state index contributed by atoms with van der Waals surface area (Å²) in [6.07, 6.45) is -0.989. The van der Waals surface area contributed by atoms with Gasteiger partial charge in [-0.15, -0.1) is 0 Å². The minimum Gasteiger partial charge on any atom is -0.482 e. The van der Waals surface area contributed by atoms with Gasteiger partial charge in [0.25, 0.3) is 11.8 Å². The fourth-order valence-electron chi connectivity index (χ4n) is 3.99. The monoisotopic (exact) mass is 472 g/mol. The third-order valence-electron chi connectivity index (χ3n) is 5.75. The van der Waals surface area contributed by atoms with Crippen molar-refractivity contribution in [3.63, 3.8) is 0 Å². The second-order valence-corrected chi connectivity index (χ2v) is 8.35. The average molecular weight is 473 g/mol. The van der Waals surface area contributed by atoms with Crippen molar-refractivity contribution in [1.82, 2.24) is 4.90 Å². The number of rotatable bonds is 9. The van der Waals surface area contributed by atoms with Crippen molar-refractivity contribution in [2.24, 2.45) is 0 Å². The van der Waals surface area contributed by atoms with Crippen molar-refractivity contribution in [1.29, 1.82) is 0 Å². The fraction of sp³-hybridized carbons (Fsp3) is 0.250. The van der Waals surface area contributed by atoms with E-state index in [4.69, 9.17) is 9.47 Å². The van der Waals surface area contributed by atoms with E-state index in [0.717, 1.165) is 11.1 Å². The lowest BCUT2D eigenvalue weighted by atomic mass is 10.1. The fourth-order valence-corrected chi connectivity index (χ4v) is 3.99. The SMILES string of the molecule is CC(OC(=O)CCN1C(=O)COc2ccccc21)C(=O)N(Cc1ccccc1)Cc1ccccc1. The topological polar surface area (TPSA) is 76.1 Å². The van der Waals surface area contributed by atoms with Gasteiger partial charge in [0.1, 0.15) is 5.75 Å². The summed E-state index contributed by atoms with van der Waals surface area (Å²) in [6.45, 7) is 2.45. The zero-order chi connectivity index (χ0) is 24.6. The number of para-hydroxylation sites is 2. The van der Waals surface area contributed by atoms with Gasteiger partial charge in [0.2, 0.25) is 0 Å². The predicted molar refractivity (Wildman–Crippen MR) is 132 cm³/mol. The van der Waals surface area contributed by atoms with Crippen LogP contribution in [0.5, 0.6) is 5.75 Å². The molecule has 0 spiro atoms. The molecule has 0 radical (unpaired) electrons. The number of hydrogen-bond acceptors (Lipinski definition) is 5. The van der Waals surface area contributed by atoms with Crippen LogP contribution in [0.1, 0.15) is 24.5 Å². The highest BCUT2D eigenvalue weighted by Crippen LogP contribution is 2.31. The summed E-state index contributed by atoms with van der Waals surface area (Å²) >= 11 is 0. The number of ether oxygens (including phenoxy) is 2. The minimum atomic E-state index is -0.956. The molecule has 0 fully saturated rings. The van der Waals surface area contributed by atoms with Gasteiger partial charge in [-0.25, -0.2) is 0 Å². The second kappa shape index (κ2) is 11.3. The summed E-state index contributed by atoms with van der Waals surface area (Å²) in [6, 6.07) is 26.6. The summed E-state index contributed by atoms with van der Waals surface area (Å²) in [5, 5.41) is 0. The van der Waals surface area contributed by atoms with Crippen LogP contribution in [-0.4, -0.2) is 41.9 Å². The first-order chi connectivity index (χ1) is 17.0.